The lowest BCUT2D eigenvalue weighted by molar-refractivity contribution is -0.118. The maximum Gasteiger partial charge on any atom is 0.244 e. The Kier molecular flexibility index (Phi) is 2.73. The number of carbonyl (C=O) groups excluding carboxylic acids is 1. The van der Waals surface area contributed by atoms with Crippen LogP contribution in [-0.4, -0.2) is 34.8 Å². The van der Waals surface area contributed by atoms with Crippen molar-refractivity contribution < 1.29 is 4.79 Å². The second kappa shape index (κ2) is 4.02. The largest absolute Gasteiger partial charge is 0.308 e. The van der Waals surface area contributed by atoms with E-state index in [1.54, 1.807) is 15.8 Å². The number of nitrogens with one attached hydrogen (secondary N) is 1. The van der Waals surface area contributed by atoms with Gasteiger partial charge in [0, 0.05) is 19.8 Å². The number of rotatable bonds is 3. The Hall–Kier alpha value is -1.36. The maximum absolute atomic E-state index is 11.9. The fourth-order valence-electron chi connectivity index (χ4n) is 1.92. The fraction of sp³-hybridized carbons (Fsp3) is 0.600. The smallest absolute Gasteiger partial charge is 0.244 e. The topological polar surface area (TPSA) is 50.2 Å². The van der Waals surface area contributed by atoms with Crippen molar-refractivity contribution in [1.82, 2.24) is 15.1 Å². The molecule has 1 atom stereocenters. The van der Waals surface area contributed by atoms with Crippen LogP contribution in [-0.2, 0) is 11.8 Å². The molecule has 0 radical (unpaired) electrons. The first kappa shape index (κ1) is 10.2. The van der Waals surface area contributed by atoms with Gasteiger partial charge in [-0.3, -0.25) is 9.48 Å². The lowest BCUT2D eigenvalue weighted by Gasteiger charge is -2.14. The zero-order valence-corrected chi connectivity index (χ0v) is 9.10. The van der Waals surface area contributed by atoms with Crippen molar-refractivity contribution in [3.05, 3.63) is 12.4 Å². The summed E-state index contributed by atoms with van der Waals surface area (Å²) < 4.78 is 1.71. The highest BCUT2D eigenvalue weighted by atomic mass is 16.2. The molecule has 1 aliphatic rings. The van der Waals surface area contributed by atoms with Crippen LogP contribution in [0.15, 0.2) is 12.4 Å². The predicted molar refractivity (Wildman–Crippen MR) is 57.6 cm³/mol. The molecule has 2 heterocycles. The third-order valence-electron chi connectivity index (χ3n) is 2.66. The Morgan fingerprint density at radius 3 is 3.07 bits per heavy atom. The minimum atomic E-state index is -0.0183. The minimum absolute atomic E-state index is 0.0183. The Balaban J connectivity index is 2.10. The molecule has 5 heteroatoms. The molecule has 5 nitrogen and oxygen atoms in total. The first-order valence-corrected chi connectivity index (χ1v) is 5.25. The maximum atomic E-state index is 11.9. The molecule has 1 unspecified atom stereocenters. The molecule has 1 aliphatic heterocycles. The third-order valence-corrected chi connectivity index (χ3v) is 2.66. The minimum Gasteiger partial charge on any atom is -0.308 e. The molecule has 0 aliphatic carbocycles. The van der Waals surface area contributed by atoms with Crippen molar-refractivity contribution >= 4 is 11.6 Å². The van der Waals surface area contributed by atoms with Gasteiger partial charge < -0.3 is 10.2 Å². The van der Waals surface area contributed by atoms with Gasteiger partial charge in [0.2, 0.25) is 5.91 Å². The third kappa shape index (κ3) is 1.87. The van der Waals surface area contributed by atoms with E-state index in [1.807, 2.05) is 20.2 Å². The van der Waals surface area contributed by atoms with Crippen LogP contribution in [0.2, 0.25) is 0 Å². The number of aryl methyl sites for hydroxylation is 1. The van der Waals surface area contributed by atoms with Gasteiger partial charge in [0.05, 0.1) is 17.9 Å². The zero-order valence-electron chi connectivity index (χ0n) is 9.10. The summed E-state index contributed by atoms with van der Waals surface area (Å²) in [6, 6.07) is -0.0183. The molecule has 2 rings (SSSR count). The standard InChI is InChI=1S/C10H16N4O/c1-3-11-9-4-5-14(10(9)15)8-6-12-13(2)7-8/h6-7,9,11H,3-5H2,1-2H3. The van der Waals surface area contributed by atoms with Gasteiger partial charge in [-0.1, -0.05) is 6.92 Å². The number of nitrogens with zero attached hydrogens (tertiary/aromatic N) is 3. The fourth-order valence-corrected chi connectivity index (χ4v) is 1.92. The highest BCUT2D eigenvalue weighted by Gasteiger charge is 2.32. The van der Waals surface area contributed by atoms with Crippen molar-refractivity contribution in [3.8, 4) is 0 Å². The van der Waals surface area contributed by atoms with Gasteiger partial charge in [-0.25, -0.2) is 0 Å². The normalized spacial score (nSPS) is 21.3. The van der Waals surface area contributed by atoms with Gasteiger partial charge in [0.15, 0.2) is 0 Å². The summed E-state index contributed by atoms with van der Waals surface area (Å²) >= 11 is 0. The SMILES string of the molecule is CCNC1CCN(c2cnn(C)c2)C1=O. The molecule has 82 valence electrons. The summed E-state index contributed by atoms with van der Waals surface area (Å²) in [6.07, 6.45) is 4.47. The van der Waals surface area contributed by atoms with Crippen LogP contribution in [0.5, 0.6) is 0 Å². The van der Waals surface area contributed by atoms with E-state index in [9.17, 15) is 4.79 Å². The molecule has 15 heavy (non-hydrogen) atoms. The summed E-state index contributed by atoms with van der Waals surface area (Å²) in [5, 5.41) is 7.25. The molecule has 0 saturated carbocycles. The van der Waals surface area contributed by atoms with Gasteiger partial charge >= 0.3 is 0 Å². The molecule has 0 bridgehead atoms. The highest BCUT2D eigenvalue weighted by molar-refractivity contribution is 5.99. The van der Waals surface area contributed by atoms with Crippen molar-refractivity contribution in [3.63, 3.8) is 0 Å². The van der Waals surface area contributed by atoms with E-state index < -0.39 is 0 Å². The van der Waals surface area contributed by atoms with Crippen molar-refractivity contribution in [1.29, 1.82) is 0 Å². The van der Waals surface area contributed by atoms with Gasteiger partial charge in [-0.15, -0.1) is 0 Å². The summed E-state index contributed by atoms with van der Waals surface area (Å²) in [7, 11) is 1.85. The summed E-state index contributed by atoms with van der Waals surface area (Å²) in [4.78, 5) is 13.7. The number of aromatic nitrogens is 2. The Morgan fingerprint density at radius 2 is 2.47 bits per heavy atom. The Morgan fingerprint density at radius 1 is 1.67 bits per heavy atom. The Labute approximate surface area is 89.1 Å². The quantitative estimate of drug-likeness (QED) is 0.768. The molecule has 1 saturated heterocycles. The lowest BCUT2D eigenvalue weighted by Crippen LogP contribution is -2.38. The van der Waals surface area contributed by atoms with Crippen LogP contribution in [0.1, 0.15) is 13.3 Å². The number of hydrogen-bond donors (Lipinski definition) is 1. The van der Waals surface area contributed by atoms with E-state index in [-0.39, 0.29) is 11.9 Å². The van der Waals surface area contributed by atoms with Crippen molar-refractivity contribution in [2.24, 2.45) is 7.05 Å². The monoisotopic (exact) mass is 208 g/mol. The highest BCUT2D eigenvalue weighted by Crippen LogP contribution is 2.20. The van der Waals surface area contributed by atoms with Crippen LogP contribution in [0.4, 0.5) is 5.69 Å². The molecule has 1 aromatic rings. The van der Waals surface area contributed by atoms with Crippen LogP contribution in [0.3, 0.4) is 0 Å². The average molecular weight is 208 g/mol. The van der Waals surface area contributed by atoms with Crippen LogP contribution in [0, 0.1) is 0 Å². The number of hydrogen-bond acceptors (Lipinski definition) is 3. The molecule has 0 aromatic carbocycles. The Bertz CT molecular complexity index is 360. The van der Waals surface area contributed by atoms with Crippen LogP contribution < -0.4 is 10.2 Å². The zero-order chi connectivity index (χ0) is 10.8. The second-order valence-corrected chi connectivity index (χ2v) is 3.76. The van der Waals surface area contributed by atoms with Crippen LogP contribution >= 0.6 is 0 Å². The molecular weight excluding hydrogens is 192 g/mol. The number of anilines is 1. The molecule has 0 spiro atoms. The van der Waals surface area contributed by atoms with Crippen molar-refractivity contribution in [2.75, 3.05) is 18.0 Å². The first-order chi connectivity index (χ1) is 7.22. The van der Waals surface area contributed by atoms with Gasteiger partial charge in [-0.2, -0.15) is 5.10 Å². The molecule has 1 fully saturated rings. The van der Waals surface area contributed by atoms with E-state index in [0.29, 0.717) is 0 Å². The van der Waals surface area contributed by atoms with Crippen LogP contribution in [0.25, 0.3) is 0 Å². The molecular formula is C10H16N4O. The van der Waals surface area contributed by atoms with E-state index in [1.165, 1.54) is 0 Å². The first-order valence-electron chi connectivity index (χ1n) is 5.25. The number of likely N-dealkylation sites (N-methyl/N-ethyl adjacent to an activating group) is 1. The molecule has 1 N–H and O–H groups in total. The lowest BCUT2D eigenvalue weighted by atomic mass is 10.2. The second-order valence-electron chi connectivity index (χ2n) is 3.76. The van der Waals surface area contributed by atoms with Gasteiger partial charge in [0.25, 0.3) is 0 Å². The van der Waals surface area contributed by atoms with Gasteiger partial charge in [0.1, 0.15) is 0 Å². The van der Waals surface area contributed by atoms with E-state index in [4.69, 9.17) is 0 Å². The van der Waals surface area contributed by atoms with E-state index >= 15 is 0 Å². The summed E-state index contributed by atoms with van der Waals surface area (Å²) in [5.74, 6) is 0.157. The summed E-state index contributed by atoms with van der Waals surface area (Å²) in [5.41, 5.74) is 0.892. The molecule has 1 aromatic heterocycles. The molecule has 1 amide bonds. The van der Waals surface area contributed by atoms with E-state index in [0.717, 1.165) is 25.2 Å². The van der Waals surface area contributed by atoms with Gasteiger partial charge in [-0.05, 0) is 13.0 Å². The average Bonchev–Trinajstić information content (AvgIpc) is 2.76. The van der Waals surface area contributed by atoms with Crippen molar-refractivity contribution in [2.45, 2.75) is 19.4 Å². The number of carbonyl (C=O) groups is 1. The predicted octanol–water partition coefficient (Wildman–Crippen LogP) is 0.135. The van der Waals surface area contributed by atoms with E-state index in [2.05, 4.69) is 10.4 Å². The number of amides is 1. The summed E-state index contributed by atoms with van der Waals surface area (Å²) in [6.45, 7) is 3.62.